The highest BCUT2D eigenvalue weighted by molar-refractivity contribution is 9.10. The molecule has 2 aromatic carbocycles. The molecule has 1 heterocycles. The van der Waals surface area contributed by atoms with Crippen molar-refractivity contribution in [1.82, 2.24) is 9.55 Å². The van der Waals surface area contributed by atoms with Gasteiger partial charge in [0, 0.05) is 10.5 Å². The van der Waals surface area contributed by atoms with Crippen LogP contribution in [-0.2, 0) is 5.88 Å². The normalized spacial score (nSPS) is 11.3. The number of rotatable bonds is 2. The van der Waals surface area contributed by atoms with Crippen LogP contribution in [0.25, 0.3) is 16.7 Å². The van der Waals surface area contributed by atoms with E-state index in [1.165, 1.54) is 18.2 Å². The number of hydrogen-bond acceptors (Lipinski definition) is 1. The predicted molar refractivity (Wildman–Crippen MR) is 83.0 cm³/mol. The van der Waals surface area contributed by atoms with Crippen molar-refractivity contribution in [2.45, 2.75) is 12.8 Å². The molecule has 108 valence electrons. The first-order valence-corrected chi connectivity index (χ1v) is 7.53. The average molecular weight is 372 g/mol. The zero-order chi connectivity index (χ0) is 15.1. The number of hydrogen-bond donors (Lipinski definition) is 0. The van der Waals surface area contributed by atoms with Crippen molar-refractivity contribution in [3.63, 3.8) is 0 Å². The number of aryl methyl sites for hydroxylation is 1. The largest absolute Gasteiger partial charge is 0.294 e. The summed E-state index contributed by atoms with van der Waals surface area (Å²) in [7, 11) is 0. The first-order valence-electron chi connectivity index (χ1n) is 6.20. The van der Waals surface area contributed by atoms with Gasteiger partial charge in [-0.05, 0) is 52.7 Å². The number of imidazole rings is 1. The Hall–Kier alpha value is -1.46. The molecule has 2 nitrogen and oxygen atoms in total. The van der Waals surface area contributed by atoms with Gasteiger partial charge in [0.15, 0.2) is 0 Å². The third-order valence-electron chi connectivity index (χ3n) is 3.27. The molecule has 0 aliphatic heterocycles. The first-order chi connectivity index (χ1) is 10.0. The fourth-order valence-corrected chi connectivity index (χ4v) is 2.98. The van der Waals surface area contributed by atoms with Gasteiger partial charge in [0.05, 0.1) is 22.6 Å². The Balaban J connectivity index is 2.37. The van der Waals surface area contributed by atoms with Gasteiger partial charge in [-0.1, -0.05) is 0 Å². The van der Waals surface area contributed by atoms with Crippen LogP contribution in [-0.4, -0.2) is 9.55 Å². The highest BCUT2D eigenvalue weighted by Crippen LogP contribution is 2.29. The number of nitrogens with zero attached hydrogens (tertiary/aromatic N) is 2. The maximum absolute atomic E-state index is 13.7. The Morgan fingerprint density at radius 3 is 2.67 bits per heavy atom. The molecule has 0 N–H and O–H groups in total. The standard InChI is InChI=1S/C15H10BrClF2N2/c1-8-4-14-12(6-11(8)19)20-15(7-17)21(14)13-3-2-9(18)5-10(13)16/h2-6H,7H2,1H3. The van der Waals surface area contributed by atoms with Gasteiger partial charge in [0.1, 0.15) is 17.5 Å². The quantitative estimate of drug-likeness (QED) is 0.572. The Morgan fingerprint density at radius 1 is 1.24 bits per heavy atom. The van der Waals surface area contributed by atoms with Crippen molar-refractivity contribution in [3.8, 4) is 5.69 Å². The minimum atomic E-state index is -0.343. The van der Waals surface area contributed by atoms with Crippen LogP contribution in [0, 0.1) is 18.6 Å². The topological polar surface area (TPSA) is 17.8 Å². The molecule has 0 fully saturated rings. The summed E-state index contributed by atoms with van der Waals surface area (Å²) in [6.45, 7) is 1.69. The molecule has 0 saturated carbocycles. The van der Waals surface area contributed by atoms with E-state index in [-0.39, 0.29) is 17.5 Å². The van der Waals surface area contributed by atoms with Gasteiger partial charge in [0.25, 0.3) is 0 Å². The third kappa shape index (κ3) is 2.45. The van der Waals surface area contributed by atoms with Crippen LogP contribution in [0.4, 0.5) is 8.78 Å². The zero-order valence-corrected chi connectivity index (χ0v) is 13.3. The molecule has 0 aliphatic rings. The molecule has 6 heteroatoms. The molecular formula is C15H10BrClF2N2. The van der Waals surface area contributed by atoms with Crippen LogP contribution in [0.1, 0.15) is 11.4 Å². The second-order valence-electron chi connectivity index (χ2n) is 4.68. The number of aromatic nitrogens is 2. The van der Waals surface area contributed by atoms with E-state index in [1.54, 1.807) is 23.6 Å². The summed E-state index contributed by atoms with van der Waals surface area (Å²) in [5.41, 5.74) is 2.48. The lowest BCUT2D eigenvalue weighted by Crippen LogP contribution is -2.01. The molecule has 0 amide bonds. The molecule has 0 bridgehead atoms. The van der Waals surface area contributed by atoms with Crippen LogP contribution >= 0.6 is 27.5 Å². The summed E-state index contributed by atoms with van der Waals surface area (Å²) < 4.78 is 29.3. The fourth-order valence-electron chi connectivity index (χ4n) is 2.27. The van der Waals surface area contributed by atoms with E-state index in [1.807, 2.05) is 0 Å². The van der Waals surface area contributed by atoms with Crippen molar-refractivity contribution < 1.29 is 8.78 Å². The lowest BCUT2D eigenvalue weighted by atomic mass is 10.2. The number of benzene rings is 2. The summed E-state index contributed by atoms with van der Waals surface area (Å²) >= 11 is 9.30. The molecule has 0 saturated heterocycles. The summed E-state index contributed by atoms with van der Waals surface area (Å²) in [5.74, 6) is 0.0826. The van der Waals surface area contributed by atoms with E-state index in [2.05, 4.69) is 20.9 Å². The molecule has 0 radical (unpaired) electrons. The maximum atomic E-state index is 13.7. The van der Waals surface area contributed by atoms with E-state index in [0.29, 0.717) is 27.1 Å². The molecule has 3 rings (SSSR count). The Bertz CT molecular complexity index is 845. The Morgan fingerprint density at radius 2 is 2.00 bits per heavy atom. The Kier molecular flexibility index (Phi) is 3.71. The highest BCUT2D eigenvalue weighted by atomic mass is 79.9. The molecule has 21 heavy (non-hydrogen) atoms. The van der Waals surface area contributed by atoms with Crippen LogP contribution in [0.5, 0.6) is 0 Å². The van der Waals surface area contributed by atoms with Crippen LogP contribution in [0.15, 0.2) is 34.8 Å². The number of halogens is 4. The van der Waals surface area contributed by atoms with Crippen LogP contribution < -0.4 is 0 Å². The van der Waals surface area contributed by atoms with Gasteiger partial charge in [0.2, 0.25) is 0 Å². The minimum absolute atomic E-state index is 0.166. The molecule has 3 aromatic rings. The van der Waals surface area contributed by atoms with E-state index in [0.717, 1.165) is 5.52 Å². The van der Waals surface area contributed by atoms with Gasteiger partial charge < -0.3 is 0 Å². The number of fused-ring (bicyclic) bond motifs is 1. The molecule has 1 aromatic heterocycles. The summed E-state index contributed by atoms with van der Waals surface area (Å²) in [4.78, 5) is 4.35. The third-order valence-corrected chi connectivity index (χ3v) is 4.15. The van der Waals surface area contributed by atoms with Crippen LogP contribution in [0.3, 0.4) is 0 Å². The van der Waals surface area contributed by atoms with E-state index in [9.17, 15) is 8.78 Å². The molecule has 0 aliphatic carbocycles. The van der Waals surface area contributed by atoms with Crippen molar-refractivity contribution >= 4 is 38.6 Å². The second-order valence-corrected chi connectivity index (χ2v) is 5.80. The lowest BCUT2D eigenvalue weighted by molar-refractivity contribution is 0.620. The summed E-state index contributed by atoms with van der Waals surface area (Å²) in [5, 5.41) is 0. The van der Waals surface area contributed by atoms with Gasteiger partial charge in [-0.25, -0.2) is 13.8 Å². The molecule has 0 unspecified atom stereocenters. The van der Waals surface area contributed by atoms with Gasteiger partial charge >= 0.3 is 0 Å². The van der Waals surface area contributed by atoms with Gasteiger partial charge in [-0.15, -0.1) is 11.6 Å². The second kappa shape index (κ2) is 5.39. The van der Waals surface area contributed by atoms with E-state index < -0.39 is 0 Å². The van der Waals surface area contributed by atoms with E-state index >= 15 is 0 Å². The van der Waals surface area contributed by atoms with Gasteiger partial charge in [-0.2, -0.15) is 0 Å². The maximum Gasteiger partial charge on any atom is 0.129 e. The molecular weight excluding hydrogens is 362 g/mol. The molecule has 0 atom stereocenters. The monoisotopic (exact) mass is 370 g/mol. The van der Waals surface area contributed by atoms with Crippen molar-refractivity contribution in [3.05, 3.63) is 57.8 Å². The predicted octanol–water partition coefficient (Wildman–Crippen LogP) is 5.11. The minimum Gasteiger partial charge on any atom is -0.294 e. The average Bonchev–Trinajstić information content (AvgIpc) is 2.77. The van der Waals surface area contributed by atoms with Crippen molar-refractivity contribution in [2.24, 2.45) is 0 Å². The molecule has 0 spiro atoms. The SMILES string of the molecule is Cc1cc2c(cc1F)nc(CCl)n2-c1ccc(F)cc1Br. The van der Waals surface area contributed by atoms with Crippen molar-refractivity contribution in [2.75, 3.05) is 0 Å². The van der Waals surface area contributed by atoms with Gasteiger partial charge in [-0.3, -0.25) is 4.57 Å². The highest BCUT2D eigenvalue weighted by Gasteiger charge is 2.16. The van der Waals surface area contributed by atoms with Crippen molar-refractivity contribution in [1.29, 1.82) is 0 Å². The van der Waals surface area contributed by atoms with Crippen LogP contribution in [0.2, 0.25) is 0 Å². The van der Waals surface area contributed by atoms with E-state index in [4.69, 9.17) is 11.6 Å². The fraction of sp³-hybridized carbons (Fsp3) is 0.133. The number of alkyl halides is 1. The zero-order valence-electron chi connectivity index (χ0n) is 11.0. The summed E-state index contributed by atoms with van der Waals surface area (Å²) in [6.07, 6.45) is 0. The first kappa shape index (κ1) is 14.5. The lowest BCUT2D eigenvalue weighted by Gasteiger charge is -2.10. The smallest absolute Gasteiger partial charge is 0.129 e. The summed E-state index contributed by atoms with van der Waals surface area (Å²) in [6, 6.07) is 7.46. The Labute approximate surface area is 133 Å².